The largest absolute Gasteiger partial charge is 0.394 e. The number of nitrogens with zero attached hydrogens (tertiary/aromatic N) is 1. The minimum Gasteiger partial charge on any atom is -0.394 e. The number of fused-ring (bicyclic) bond motifs is 2. The van der Waals surface area contributed by atoms with Crippen molar-refractivity contribution >= 4 is 17.6 Å². The second-order valence-electron chi connectivity index (χ2n) is 7.09. The van der Waals surface area contributed by atoms with E-state index >= 15 is 0 Å². The molecule has 1 aromatic rings. The van der Waals surface area contributed by atoms with Crippen molar-refractivity contribution < 1.29 is 29.7 Å². The number of aliphatic hydroxyl groups excluding tert-OH is 1. The molecule has 7 nitrogen and oxygen atoms in total. The monoisotopic (exact) mass is 345 g/mol. The van der Waals surface area contributed by atoms with Crippen molar-refractivity contribution in [3.8, 4) is 0 Å². The molecular weight excluding hydrogens is 326 g/mol. The zero-order valence-electron chi connectivity index (χ0n) is 13.4. The minimum absolute atomic E-state index is 0.312. The van der Waals surface area contributed by atoms with Gasteiger partial charge in [-0.2, -0.15) is 0 Å². The van der Waals surface area contributed by atoms with Crippen LogP contribution in [0.15, 0.2) is 30.3 Å². The first-order valence-electron chi connectivity index (χ1n) is 8.41. The molecule has 5 rings (SSSR count). The van der Waals surface area contributed by atoms with Crippen molar-refractivity contribution in [2.75, 3.05) is 6.61 Å². The van der Waals surface area contributed by atoms with Gasteiger partial charge in [0.15, 0.2) is 5.78 Å². The molecule has 1 saturated heterocycles. The van der Waals surface area contributed by atoms with E-state index < -0.39 is 59.7 Å². The van der Waals surface area contributed by atoms with Crippen molar-refractivity contribution in [1.29, 1.82) is 0 Å². The number of carbonyl (C=O) groups is 3. The number of hydrogen-bond acceptors (Lipinski definition) is 6. The number of benzene rings is 1. The highest BCUT2D eigenvalue weighted by atomic mass is 16.5. The molecule has 1 heterocycles. The lowest BCUT2D eigenvalue weighted by atomic mass is 9.56. The maximum atomic E-state index is 13.0. The normalized spacial score (nSPS) is 34.4. The van der Waals surface area contributed by atoms with E-state index in [-0.39, 0.29) is 0 Å². The van der Waals surface area contributed by atoms with E-state index in [1.807, 2.05) is 0 Å². The summed E-state index contributed by atoms with van der Waals surface area (Å²) in [6.07, 6.45) is 0.683. The van der Waals surface area contributed by atoms with Gasteiger partial charge in [0, 0.05) is 11.8 Å². The first-order chi connectivity index (χ1) is 11.9. The van der Waals surface area contributed by atoms with Crippen molar-refractivity contribution in [1.82, 2.24) is 4.90 Å². The second kappa shape index (κ2) is 5.45. The summed E-state index contributed by atoms with van der Waals surface area (Å²) in [4.78, 5) is 39.2. The minimum atomic E-state index is -2.56. The summed E-state index contributed by atoms with van der Waals surface area (Å²) in [5, 5.41) is 30.1. The second-order valence-corrected chi connectivity index (χ2v) is 7.09. The zero-order valence-corrected chi connectivity index (χ0v) is 13.4. The zero-order chi connectivity index (χ0) is 17.9. The van der Waals surface area contributed by atoms with Crippen LogP contribution < -0.4 is 0 Å². The molecule has 5 atom stereocenters. The predicted octanol–water partition coefficient (Wildman–Crippen LogP) is -0.389. The molecule has 0 spiro atoms. The topological polar surface area (TPSA) is 115 Å². The van der Waals surface area contributed by atoms with E-state index in [1.54, 1.807) is 30.3 Å². The van der Waals surface area contributed by atoms with Gasteiger partial charge < -0.3 is 15.3 Å². The Bertz CT molecular complexity index is 745. The molecule has 1 aliphatic heterocycles. The van der Waals surface area contributed by atoms with Gasteiger partial charge in [-0.15, -0.1) is 0 Å². The Kier molecular flexibility index (Phi) is 3.57. The van der Waals surface area contributed by atoms with Crippen LogP contribution in [0.1, 0.15) is 24.4 Å². The number of amides is 2. The van der Waals surface area contributed by atoms with Crippen LogP contribution in [0.5, 0.6) is 0 Å². The molecule has 0 radical (unpaired) electrons. The maximum Gasteiger partial charge on any atom is 0.234 e. The van der Waals surface area contributed by atoms with Gasteiger partial charge in [-0.1, -0.05) is 30.3 Å². The van der Waals surface area contributed by atoms with Crippen LogP contribution in [0.4, 0.5) is 0 Å². The molecule has 7 heteroatoms. The number of ketones is 1. The first-order valence-corrected chi connectivity index (χ1v) is 8.41. The summed E-state index contributed by atoms with van der Waals surface area (Å²) in [6, 6.07) is 7.87. The fourth-order valence-electron chi connectivity index (χ4n) is 4.82. The molecule has 0 aromatic heterocycles. The molecule has 0 unspecified atom stereocenters. The smallest absolute Gasteiger partial charge is 0.234 e. The van der Waals surface area contributed by atoms with Crippen LogP contribution in [-0.4, -0.2) is 50.2 Å². The van der Waals surface area contributed by atoms with Gasteiger partial charge in [0.25, 0.3) is 0 Å². The maximum absolute atomic E-state index is 13.0. The van der Waals surface area contributed by atoms with E-state index in [0.717, 1.165) is 4.90 Å². The molecule has 4 fully saturated rings. The Hall–Kier alpha value is -2.09. The van der Waals surface area contributed by atoms with E-state index in [4.69, 9.17) is 0 Å². The van der Waals surface area contributed by atoms with Crippen LogP contribution >= 0.6 is 0 Å². The van der Waals surface area contributed by atoms with Crippen molar-refractivity contribution in [3.05, 3.63) is 35.9 Å². The highest BCUT2D eigenvalue weighted by Gasteiger charge is 2.69. The van der Waals surface area contributed by atoms with Gasteiger partial charge >= 0.3 is 0 Å². The third kappa shape index (κ3) is 2.06. The highest BCUT2D eigenvalue weighted by Crippen LogP contribution is 2.55. The van der Waals surface area contributed by atoms with E-state index in [9.17, 15) is 29.7 Å². The van der Waals surface area contributed by atoms with Crippen LogP contribution in [0, 0.1) is 23.7 Å². The van der Waals surface area contributed by atoms with Crippen molar-refractivity contribution in [2.24, 2.45) is 23.7 Å². The quantitative estimate of drug-likeness (QED) is 0.508. The molecule has 4 aliphatic rings. The predicted molar refractivity (Wildman–Crippen MR) is 83.5 cm³/mol. The summed E-state index contributed by atoms with van der Waals surface area (Å²) >= 11 is 0. The standard InChI is InChI=1S/C18H19NO6/c20-8-12(9-4-2-1-3-5-9)19-16(22)13-10-6-7-11(14(13)17(19)23)18(24,25)15(10)21/h1-5,10-14,20,24-25H,6-8H2/t10-,11+,12-,13-,14+/m0/s1. The number of imide groups is 1. The van der Waals surface area contributed by atoms with E-state index in [2.05, 4.69) is 0 Å². The van der Waals surface area contributed by atoms with E-state index in [0.29, 0.717) is 18.4 Å². The van der Waals surface area contributed by atoms with Gasteiger partial charge in [-0.3, -0.25) is 19.3 Å². The number of hydrogen-bond donors (Lipinski definition) is 3. The van der Waals surface area contributed by atoms with Gasteiger partial charge in [0.2, 0.25) is 17.6 Å². The summed E-state index contributed by atoms with van der Waals surface area (Å²) in [5.41, 5.74) is 0.614. The molecule has 3 N–H and O–H groups in total. The number of aliphatic hydroxyl groups is 3. The van der Waals surface area contributed by atoms with Crippen molar-refractivity contribution in [3.63, 3.8) is 0 Å². The Morgan fingerprint density at radius 2 is 1.68 bits per heavy atom. The van der Waals surface area contributed by atoms with Crippen LogP contribution in [0.25, 0.3) is 0 Å². The van der Waals surface area contributed by atoms with Crippen molar-refractivity contribution in [2.45, 2.75) is 24.7 Å². The summed E-state index contributed by atoms with van der Waals surface area (Å²) in [7, 11) is 0. The molecule has 132 valence electrons. The van der Waals surface area contributed by atoms with Gasteiger partial charge in [0.05, 0.1) is 24.5 Å². The number of carbonyl (C=O) groups excluding carboxylic acids is 3. The van der Waals surface area contributed by atoms with Gasteiger partial charge in [0.1, 0.15) is 0 Å². The number of Topliss-reactive ketones (excluding diaryl/α,β-unsaturated/α-hetero) is 1. The summed E-state index contributed by atoms with van der Waals surface area (Å²) in [6.45, 7) is -0.437. The Balaban J connectivity index is 1.75. The lowest BCUT2D eigenvalue weighted by Gasteiger charge is -2.48. The van der Waals surface area contributed by atoms with Crippen LogP contribution in [0.3, 0.4) is 0 Å². The fraction of sp³-hybridized carbons (Fsp3) is 0.500. The highest BCUT2D eigenvalue weighted by molar-refractivity contribution is 6.10. The van der Waals surface area contributed by atoms with Crippen LogP contribution in [-0.2, 0) is 14.4 Å². The Labute approximate surface area is 143 Å². The third-order valence-corrected chi connectivity index (χ3v) is 5.97. The fourth-order valence-corrected chi connectivity index (χ4v) is 4.82. The molecule has 1 aromatic carbocycles. The summed E-state index contributed by atoms with van der Waals surface area (Å²) < 4.78 is 0. The SMILES string of the molecule is O=C1[C@@H]2[C@H](C(=O)N1[C@@H](CO)c1ccccc1)[C@H]1CC[C@@H]2C(=O)C1(O)O. The molecular formula is C18H19NO6. The van der Waals surface area contributed by atoms with Gasteiger partial charge in [-0.05, 0) is 18.4 Å². The average molecular weight is 345 g/mol. The average Bonchev–Trinajstić information content (AvgIpc) is 2.87. The molecule has 2 bridgehead atoms. The first kappa shape index (κ1) is 16.4. The summed E-state index contributed by atoms with van der Waals surface area (Å²) in [5.74, 6) is -7.98. The van der Waals surface area contributed by atoms with Crippen LogP contribution in [0.2, 0.25) is 0 Å². The van der Waals surface area contributed by atoms with Gasteiger partial charge in [-0.25, -0.2) is 0 Å². The Morgan fingerprint density at radius 1 is 1.04 bits per heavy atom. The van der Waals surface area contributed by atoms with E-state index in [1.165, 1.54) is 0 Å². The number of likely N-dealkylation sites (tertiary alicyclic amines) is 1. The molecule has 25 heavy (non-hydrogen) atoms. The molecule has 2 amide bonds. The number of rotatable bonds is 3. The Morgan fingerprint density at radius 3 is 2.32 bits per heavy atom. The lowest BCUT2D eigenvalue weighted by Crippen LogP contribution is -2.63. The third-order valence-electron chi connectivity index (χ3n) is 5.97. The lowest BCUT2D eigenvalue weighted by molar-refractivity contribution is -0.241. The molecule has 3 aliphatic carbocycles. The molecule has 3 saturated carbocycles.